The van der Waals surface area contributed by atoms with Crippen LogP contribution in [0.1, 0.15) is 57.8 Å². The second-order valence-electron chi connectivity index (χ2n) is 4.88. The molecule has 0 unspecified atom stereocenters. The Kier molecular flexibility index (Phi) is 5.55. The quantitative estimate of drug-likeness (QED) is 0.440. The first kappa shape index (κ1) is 13.3. The fourth-order valence-corrected chi connectivity index (χ4v) is 2.62. The van der Waals surface area contributed by atoms with Gasteiger partial charge in [-0.1, -0.05) is 25.7 Å². The number of unbranched alkanes of at least 4 members (excludes halogenated alkanes) is 1. The van der Waals surface area contributed by atoms with Crippen LogP contribution in [0.2, 0.25) is 0 Å². The largest absolute Gasteiger partial charge is 0.329 e. The van der Waals surface area contributed by atoms with Crippen molar-refractivity contribution in [3.8, 4) is 12.3 Å². The van der Waals surface area contributed by atoms with Crippen LogP contribution < -0.4 is 5.73 Å². The number of hydrogen-bond donors (Lipinski definition) is 1. The highest BCUT2D eigenvalue weighted by Gasteiger charge is 2.35. The Balaban J connectivity index is 2.55. The summed E-state index contributed by atoms with van der Waals surface area (Å²) in [5, 5.41) is 0. The van der Waals surface area contributed by atoms with Crippen molar-refractivity contribution in [3.63, 3.8) is 0 Å². The molecular formula is C14H23NO. The normalized spacial score (nSPS) is 19.8. The smallest absolute Gasteiger partial charge is 0.140 e. The van der Waals surface area contributed by atoms with E-state index in [0.717, 1.165) is 32.1 Å². The molecule has 0 atom stereocenters. The lowest BCUT2D eigenvalue weighted by Crippen LogP contribution is -2.38. The molecule has 2 heteroatoms. The summed E-state index contributed by atoms with van der Waals surface area (Å²) in [5.41, 5.74) is 5.63. The number of carbonyl (C=O) groups excluding carboxylic acids is 1. The Bertz CT molecular complexity index is 256. The lowest BCUT2D eigenvalue weighted by atomic mass is 9.75. The van der Waals surface area contributed by atoms with Crippen molar-refractivity contribution in [2.75, 3.05) is 6.54 Å². The van der Waals surface area contributed by atoms with E-state index in [4.69, 9.17) is 12.2 Å². The van der Waals surface area contributed by atoms with E-state index in [1.165, 1.54) is 12.8 Å². The Hall–Kier alpha value is -0.810. The SMILES string of the molecule is C#CCCCC(=O)C1(CN)CCCCCC1. The lowest BCUT2D eigenvalue weighted by Gasteiger charge is -2.29. The molecule has 2 N–H and O–H groups in total. The van der Waals surface area contributed by atoms with Crippen LogP contribution >= 0.6 is 0 Å². The van der Waals surface area contributed by atoms with Gasteiger partial charge in [-0.3, -0.25) is 4.79 Å². The molecule has 0 spiro atoms. The van der Waals surface area contributed by atoms with Crippen molar-refractivity contribution in [3.05, 3.63) is 0 Å². The molecule has 0 aliphatic heterocycles. The summed E-state index contributed by atoms with van der Waals surface area (Å²) in [5.74, 6) is 2.94. The second-order valence-corrected chi connectivity index (χ2v) is 4.88. The maximum atomic E-state index is 12.2. The third kappa shape index (κ3) is 3.35. The van der Waals surface area contributed by atoms with Crippen LogP contribution in [0.15, 0.2) is 0 Å². The molecule has 0 aromatic heterocycles. The van der Waals surface area contributed by atoms with E-state index in [2.05, 4.69) is 5.92 Å². The van der Waals surface area contributed by atoms with Gasteiger partial charge in [-0.15, -0.1) is 12.3 Å². The lowest BCUT2D eigenvalue weighted by molar-refractivity contribution is -0.129. The molecule has 90 valence electrons. The number of hydrogen-bond acceptors (Lipinski definition) is 2. The van der Waals surface area contributed by atoms with Gasteiger partial charge in [-0.2, -0.15) is 0 Å². The first-order valence-corrected chi connectivity index (χ1v) is 6.42. The average Bonchev–Trinajstić information content (AvgIpc) is 2.55. The molecule has 0 saturated heterocycles. The van der Waals surface area contributed by atoms with Crippen LogP contribution in [0.5, 0.6) is 0 Å². The molecular weight excluding hydrogens is 198 g/mol. The topological polar surface area (TPSA) is 43.1 Å². The summed E-state index contributed by atoms with van der Waals surface area (Å²) in [6.45, 7) is 0.516. The summed E-state index contributed by atoms with van der Waals surface area (Å²) in [6, 6.07) is 0. The van der Waals surface area contributed by atoms with Gasteiger partial charge in [0.2, 0.25) is 0 Å². The van der Waals surface area contributed by atoms with Crippen molar-refractivity contribution < 1.29 is 4.79 Å². The molecule has 0 aromatic rings. The summed E-state index contributed by atoms with van der Waals surface area (Å²) in [4.78, 5) is 12.2. The highest BCUT2D eigenvalue weighted by atomic mass is 16.1. The maximum absolute atomic E-state index is 12.2. The number of Topliss-reactive ketones (excluding diaryl/α,β-unsaturated/α-hetero) is 1. The Morgan fingerprint density at radius 3 is 2.38 bits per heavy atom. The highest BCUT2D eigenvalue weighted by molar-refractivity contribution is 5.85. The number of carbonyl (C=O) groups is 1. The first-order chi connectivity index (χ1) is 7.75. The van der Waals surface area contributed by atoms with Crippen LogP contribution in [0.3, 0.4) is 0 Å². The van der Waals surface area contributed by atoms with Gasteiger partial charge in [0.15, 0.2) is 0 Å². The van der Waals surface area contributed by atoms with Crippen LogP contribution in [0.25, 0.3) is 0 Å². The van der Waals surface area contributed by atoms with E-state index in [1.54, 1.807) is 0 Å². The number of nitrogens with two attached hydrogens (primary N) is 1. The van der Waals surface area contributed by atoms with Gasteiger partial charge >= 0.3 is 0 Å². The standard InChI is InChI=1S/C14H23NO/c1-2-3-6-9-13(16)14(12-15)10-7-4-5-8-11-14/h1H,3-12,15H2. The highest BCUT2D eigenvalue weighted by Crippen LogP contribution is 2.36. The Morgan fingerprint density at radius 1 is 1.25 bits per heavy atom. The predicted octanol–water partition coefficient (Wildman–Crippen LogP) is 2.66. The Labute approximate surface area is 99.0 Å². The van der Waals surface area contributed by atoms with Gasteiger partial charge in [-0.25, -0.2) is 0 Å². The van der Waals surface area contributed by atoms with Crippen LogP contribution in [-0.2, 0) is 4.79 Å². The van der Waals surface area contributed by atoms with Gasteiger partial charge in [0.1, 0.15) is 5.78 Å². The zero-order valence-corrected chi connectivity index (χ0v) is 10.1. The molecule has 0 bridgehead atoms. The Morgan fingerprint density at radius 2 is 1.88 bits per heavy atom. The minimum atomic E-state index is -0.217. The minimum Gasteiger partial charge on any atom is -0.329 e. The van der Waals surface area contributed by atoms with Crippen LogP contribution in [0.4, 0.5) is 0 Å². The summed E-state index contributed by atoms with van der Waals surface area (Å²) >= 11 is 0. The monoisotopic (exact) mass is 221 g/mol. The van der Waals surface area contributed by atoms with Crippen molar-refractivity contribution in [1.29, 1.82) is 0 Å². The third-order valence-corrected chi connectivity index (χ3v) is 3.77. The molecule has 1 fully saturated rings. The summed E-state index contributed by atoms with van der Waals surface area (Å²) < 4.78 is 0. The van der Waals surface area contributed by atoms with Crippen molar-refractivity contribution in [2.24, 2.45) is 11.1 Å². The third-order valence-electron chi connectivity index (χ3n) is 3.77. The number of ketones is 1. The van der Waals surface area contributed by atoms with Crippen molar-refractivity contribution >= 4 is 5.78 Å². The molecule has 0 amide bonds. The zero-order chi connectivity index (χ0) is 11.9. The summed E-state index contributed by atoms with van der Waals surface area (Å²) in [6.07, 6.45) is 14.1. The number of rotatable bonds is 5. The maximum Gasteiger partial charge on any atom is 0.140 e. The minimum absolute atomic E-state index is 0.217. The van der Waals surface area contributed by atoms with Gasteiger partial charge in [0, 0.05) is 24.8 Å². The molecule has 1 aliphatic rings. The van der Waals surface area contributed by atoms with E-state index in [1.807, 2.05) is 0 Å². The molecule has 1 aliphatic carbocycles. The fraction of sp³-hybridized carbons (Fsp3) is 0.786. The van der Waals surface area contributed by atoms with Gasteiger partial charge in [-0.05, 0) is 19.3 Å². The summed E-state index contributed by atoms with van der Waals surface area (Å²) in [7, 11) is 0. The van der Waals surface area contributed by atoms with Gasteiger partial charge < -0.3 is 5.73 Å². The fourth-order valence-electron chi connectivity index (χ4n) is 2.62. The van der Waals surface area contributed by atoms with Gasteiger partial charge in [0.25, 0.3) is 0 Å². The molecule has 16 heavy (non-hydrogen) atoms. The second kappa shape index (κ2) is 6.70. The van der Waals surface area contributed by atoms with E-state index in [-0.39, 0.29) is 5.41 Å². The van der Waals surface area contributed by atoms with Crippen LogP contribution in [-0.4, -0.2) is 12.3 Å². The zero-order valence-electron chi connectivity index (χ0n) is 10.1. The van der Waals surface area contributed by atoms with E-state index in [9.17, 15) is 4.79 Å². The van der Waals surface area contributed by atoms with E-state index < -0.39 is 0 Å². The van der Waals surface area contributed by atoms with E-state index in [0.29, 0.717) is 25.2 Å². The van der Waals surface area contributed by atoms with Gasteiger partial charge in [0.05, 0.1) is 0 Å². The molecule has 2 nitrogen and oxygen atoms in total. The molecule has 0 heterocycles. The first-order valence-electron chi connectivity index (χ1n) is 6.42. The molecule has 0 radical (unpaired) electrons. The van der Waals surface area contributed by atoms with Crippen molar-refractivity contribution in [1.82, 2.24) is 0 Å². The molecule has 1 rings (SSSR count). The molecule has 1 saturated carbocycles. The van der Waals surface area contributed by atoms with Crippen LogP contribution in [0, 0.1) is 17.8 Å². The average molecular weight is 221 g/mol. The predicted molar refractivity (Wildman–Crippen MR) is 66.9 cm³/mol. The molecule has 0 aromatic carbocycles. The number of terminal acetylenes is 1. The van der Waals surface area contributed by atoms with Crippen molar-refractivity contribution in [2.45, 2.75) is 57.8 Å². The van der Waals surface area contributed by atoms with E-state index >= 15 is 0 Å².